The number of benzene rings is 2. The van der Waals surface area contributed by atoms with Crippen molar-refractivity contribution in [1.29, 1.82) is 0 Å². The average Bonchev–Trinajstić information content (AvgIpc) is 3.28. The third-order valence-corrected chi connectivity index (χ3v) is 5.27. The van der Waals surface area contributed by atoms with Crippen molar-refractivity contribution in [2.45, 2.75) is 19.6 Å². The van der Waals surface area contributed by atoms with Crippen molar-refractivity contribution < 1.29 is 14.3 Å². The Morgan fingerprint density at radius 1 is 1.30 bits per heavy atom. The lowest BCUT2D eigenvalue weighted by Crippen LogP contribution is -2.25. The lowest BCUT2D eigenvalue weighted by atomic mass is 10.1. The molecule has 1 N–H and O–H groups in total. The van der Waals surface area contributed by atoms with Gasteiger partial charge in [0.2, 0.25) is 0 Å². The van der Waals surface area contributed by atoms with E-state index in [4.69, 9.17) is 21.1 Å². The molecule has 0 spiro atoms. The molecule has 1 aromatic heterocycles. The van der Waals surface area contributed by atoms with Gasteiger partial charge in [0.05, 0.1) is 19.2 Å². The van der Waals surface area contributed by atoms with Gasteiger partial charge in [-0.25, -0.2) is 0 Å². The standard InChI is InChI=1S/C21H21ClN2O3/c1-13-17(12-20-23-9-10-27-20)18-11-16(26-2)7-8-19(18)24(13)21(25)14-3-5-15(22)6-4-14/h3-8,11,20,23H,9-10,12H2,1-2H3. The molecule has 0 aliphatic carbocycles. The molecule has 1 aliphatic rings. The Hall–Kier alpha value is -2.34. The van der Waals surface area contributed by atoms with E-state index in [0.29, 0.717) is 23.6 Å². The van der Waals surface area contributed by atoms with Crippen LogP contribution in [0.4, 0.5) is 0 Å². The van der Waals surface area contributed by atoms with E-state index in [2.05, 4.69) is 5.32 Å². The van der Waals surface area contributed by atoms with Crippen molar-refractivity contribution in [2.24, 2.45) is 0 Å². The van der Waals surface area contributed by atoms with Gasteiger partial charge in [0, 0.05) is 34.6 Å². The van der Waals surface area contributed by atoms with Crippen LogP contribution in [0.1, 0.15) is 21.6 Å². The number of rotatable bonds is 4. The van der Waals surface area contributed by atoms with E-state index in [1.165, 1.54) is 0 Å². The van der Waals surface area contributed by atoms with Gasteiger partial charge in [-0.15, -0.1) is 0 Å². The SMILES string of the molecule is COc1ccc2c(c1)c(CC1NCCO1)c(C)n2C(=O)c1ccc(Cl)cc1. The van der Waals surface area contributed by atoms with Crippen LogP contribution in [0.15, 0.2) is 42.5 Å². The summed E-state index contributed by atoms with van der Waals surface area (Å²) in [6.07, 6.45) is 0.649. The molecule has 6 heteroatoms. The molecule has 0 radical (unpaired) electrons. The Labute approximate surface area is 162 Å². The molecule has 4 rings (SSSR count). The first-order chi connectivity index (χ1) is 13.1. The summed E-state index contributed by atoms with van der Waals surface area (Å²) in [6, 6.07) is 12.8. The zero-order chi connectivity index (χ0) is 19.0. The molecular weight excluding hydrogens is 364 g/mol. The van der Waals surface area contributed by atoms with Crippen LogP contribution in [0.3, 0.4) is 0 Å². The number of nitrogens with one attached hydrogen (secondary N) is 1. The van der Waals surface area contributed by atoms with Crippen molar-refractivity contribution in [3.63, 3.8) is 0 Å². The molecule has 0 bridgehead atoms. The summed E-state index contributed by atoms with van der Waals surface area (Å²) in [4.78, 5) is 13.2. The van der Waals surface area contributed by atoms with Crippen LogP contribution in [0.25, 0.3) is 10.9 Å². The van der Waals surface area contributed by atoms with Gasteiger partial charge in [0.15, 0.2) is 0 Å². The molecule has 3 aromatic rings. The lowest BCUT2D eigenvalue weighted by molar-refractivity contribution is 0.0958. The second-order valence-corrected chi connectivity index (χ2v) is 7.05. The van der Waals surface area contributed by atoms with Crippen LogP contribution in [0, 0.1) is 6.92 Å². The summed E-state index contributed by atoms with van der Waals surface area (Å²) >= 11 is 5.97. The quantitative estimate of drug-likeness (QED) is 0.743. The van der Waals surface area contributed by atoms with Gasteiger partial charge in [0.1, 0.15) is 12.0 Å². The first kappa shape index (κ1) is 18.0. The summed E-state index contributed by atoms with van der Waals surface area (Å²) in [6.45, 7) is 3.52. The number of ether oxygens (including phenoxy) is 2. The molecule has 1 saturated heterocycles. The number of carbonyl (C=O) groups is 1. The number of hydrogen-bond acceptors (Lipinski definition) is 4. The third kappa shape index (κ3) is 3.34. The van der Waals surface area contributed by atoms with Crippen molar-refractivity contribution >= 4 is 28.4 Å². The Morgan fingerprint density at radius 3 is 2.74 bits per heavy atom. The average molecular weight is 385 g/mol. The Balaban J connectivity index is 1.85. The highest BCUT2D eigenvalue weighted by Gasteiger charge is 2.24. The summed E-state index contributed by atoms with van der Waals surface area (Å²) in [5.41, 5.74) is 3.46. The monoisotopic (exact) mass is 384 g/mol. The minimum Gasteiger partial charge on any atom is -0.497 e. The zero-order valence-corrected chi connectivity index (χ0v) is 16.0. The maximum atomic E-state index is 13.2. The summed E-state index contributed by atoms with van der Waals surface area (Å²) in [5.74, 6) is 0.686. The van der Waals surface area contributed by atoms with Gasteiger partial charge in [-0.05, 0) is 55.0 Å². The zero-order valence-electron chi connectivity index (χ0n) is 15.3. The number of hydrogen-bond donors (Lipinski definition) is 1. The molecule has 5 nitrogen and oxygen atoms in total. The Kier molecular flexibility index (Phi) is 4.91. The van der Waals surface area contributed by atoms with Gasteiger partial charge in [-0.3, -0.25) is 14.7 Å². The highest BCUT2D eigenvalue weighted by Crippen LogP contribution is 2.31. The number of methoxy groups -OCH3 is 1. The molecular formula is C21H21ClN2O3. The second-order valence-electron chi connectivity index (χ2n) is 6.61. The van der Waals surface area contributed by atoms with Crippen LogP contribution in [0.2, 0.25) is 5.02 Å². The minimum atomic E-state index is -0.0779. The largest absolute Gasteiger partial charge is 0.497 e. The van der Waals surface area contributed by atoms with Gasteiger partial charge >= 0.3 is 0 Å². The smallest absolute Gasteiger partial charge is 0.262 e. The van der Waals surface area contributed by atoms with Gasteiger partial charge < -0.3 is 9.47 Å². The van der Waals surface area contributed by atoms with Crippen molar-refractivity contribution in [2.75, 3.05) is 20.3 Å². The maximum Gasteiger partial charge on any atom is 0.262 e. The summed E-state index contributed by atoms with van der Waals surface area (Å²) < 4.78 is 12.9. The fourth-order valence-corrected chi connectivity index (χ4v) is 3.75. The van der Waals surface area contributed by atoms with Crippen LogP contribution in [-0.4, -0.2) is 37.0 Å². The topological polar surface area (TPSA) is 52.5 Å². The van der Waals surface area contributed by atoms with Crippen molar-refractivity contribution in [3.05, 3.63) is 64.3 Å². The first-order valence-electron chi connectivity index (χ1n) is 8.91. The fourth-order valence-electron chi connectivity index (χ4n) is 3.63. The predicted molar refractivity (Wildman–Crippen MR) is 106 cm³/mol. The van der Waals surface area contributed by atoms with Gasteiger partial charge in [-0.2, -0.15) is 0 Å². The highest BCUT2D eigenvalue weighted by atomic mass is 35.5. The second kappa shape index (κ2) is 7.35. The van der Waals surface area contributed by atoms with E-state index in [1.54, 1.807) is 35.9 Å². The molecule has 1 atom stereocenters. The molecule has 1 unspecified atom stereocenters. The Bertz CT molecular complexity index is 989. The molecule has 27 heavy (non-hydrogen) atoms. The van der Waals surface area contributed by atoms with Crippen molar-refractivity contribution in [1.82, 2.24) is 9.88 Å². The van der Waals surface area contributed by atoms with Crippen molar-refractivity contribution in [3.8, 4) is 5.75 Å². The third-order valence-electron chi connectivity index (χ3n) is 5.02. The van der Waals surface area contributed by atoms with E-state index in [0.717, 1.165) is 34.5 Å². The fraction of sp³-hybridized carbons (Fsp3) is 0.286. The van der Waals surface area contributed by atoms with E-state index in [1.807, 2.05) is 25.1 Å². The summed E-state index contributed by atoms with van der Waals surface area (Å²) in [7, 11) is 1.64. The number of nitrogens with zero attached hydrogens (tertiary/aromatic N) is 1. The summed E-state index contributed by atoms with van der Waals surface area (Å²) in [5, 5.41) is 4.95. The molecule has 2 heterocycles. The number of aromatic nitrogens is 1. The van der Waals surface area contributed by atoms with E-state index < -0.39 is 0 Å². The van der Waals surface area contributed by atoms with Crippen LogP contribution < -0.4 is 10.1 Å². The molecule has 1 aliphatic heterocycles. The number of carbonyl (C=O) groups excluding carboxylic acids is 1. The number of fused-ring (bicyclic) bond motifs is 1. The highest BCUT2D eigenvalue weighted by molar-refractivity contribution is 6.30. The van der Waals surface area contributed by atoms with Gasteiger partial charge in [0.25, 0.3) is 5.91 Å². The first-order valence-corrected chi connectivity index (χ1v) is 9.29. The molecule has 1 fully saturated rings. The molecule has 2 aromatic carbocycles. The normalized spacial score (nSPS) is 16.8. The van der Waals surface area contributed by atoms with E-state index >= 15 is 0 Å². The van der Waals surface area contributed by atoms with Crippen LogP contribution >= 0.6 is 11.6 Å². The van der Waals surface area contributed by atoms with Gasteiger partial charge in [-0.1, -0.05) is 11.6 Å². The molecule has 0 saturated carbocycles. The van der Waals surface area contributed by atoms with Crippen LogP contribution in [0.5, 0.6) is 5.75 Å². The maximum absolute atomic E-state index is 13.2. The Morgan fingerprint density at radius 2 is 2.07 bits per heavy atom. The minimum absolute atomic E-state index is 0.0421. The number of halogens is 1. The van der Waals surface area contributed by atoms with Crippen LogP contribution in [-0.2, 0) is 11.2 Å². The molecule has 0 amide bonds. The predicted octanol–water partition coefficient (Wildman–Crippen LogP) is 3.79. The van der Waals surface area contributed by atoms with E-state index in [-0.39, 0.29) is 12.1 Å². The lowest BCUT2D eigenvalue weighted by Gasteiger charge is -2.11. The van der Waals surface area contributed by atoms with E-state index in [9.17, 15) is 4.79 Å². The molecule has 140 valence electrons.